The number of amides is 1. The number of hydrogen-bond donors (Lipinski definition) is 1. The van der Waals surface area contributed by atoms with Crippen LogP contribution in [0.4, 0.5) is 0 Å². The van der Waals surface area contributed by atoms with Gasteiger partial charge in [0.25, 0.3) is 5.91 Å². The Morgan fingerprint density at radius 3 is 2.73 bits per heavy atom. The number of carboxylic acid groups (broad SMARTS) is 1. The molecule has 1 saturated heterocycles. The summed E-state index contributed by atoms with van der Waals surface area (Å²) in [6.07, 6.45) is 1.57. The summed E-state index contributed by atoms with van der Waals surface area (Å²) in [5.74, 6) is 0.380. The van der Waals surface area contributed by atoms with Crippen molar-refractivity contribution in [1.29, 1.82) is 0 Å². The highest BCUT2D eigenvalue weighted by atomic mass is 32.2. The van der Waals surface area contributed by atoms with Crippen LogP contribution in [-0.4, -0.2) is 46.5 Å². The molecule has 1 amide bonds. The first kappa shape index (κ1) is 20.3. The van der Waals surface area contributed by atoms with Gasteiger partial charge in [-0.3, -0.25) is 14.5 Å². The van der Waals surface area contributed by atoms with Gasteiger partial charge in [-0.25, -0.2) is 0 Å². The average molecular weight is 396 g/mol. The highest BCUT2D eigenvalue weighted by molar-refractivity contribution is 8.26. The zero-order chi connectivity index (χ0) is 19.3. The van der Waals surface area contributed by atoms with Gasteiger partial charge in [0.2, 0.25) is 0 Å². The summed E-state index contributed by atoms with van der Waals surface area (Å²) >= 11 is 6.34. The van der Waals surface area contributed by atoms with Crippen molar-refractivity contribution in [3.63, 3.8) is 0 Å². The third kappa shape index (κ3) is 5.22. The number of nitrogens with zero attached hydrogens (tertiary/aromatic N) is 1. The van der Waals surface area contributed by atoms with Crippen molar-refractivity contribution in [3.05, 3.63) is 28.7 Å². The van der Waals surface area contributed by atoms with Crippen LogP contribution in [0, 0.1) is 5.92 Å². The molecule has 0 atom stereocenters. The minimum Gasteiger partial charge on any atom is -0.493 e. The van der Waals surface area contributed by atoms with E-state index in [1.54, 1.807) is 25.3 Å². The van der Waals surface area contributed by atoms with E-state index >= 15 is 0 Å². The van der Waals surface area contributed by atoms with Crippen molar-refractivity contribution in [2.75, 3.05) is 20.3 Å². The maximum atomic E-state index is 12.4. The molecular weight excluding hydrogens is 374 g/mol. The summed E-state index contributed by atoms with van der Waals surface area (Å²) in [5.41, 5.74) is 0.775. The molecule has 0 unspecified atom stereocenters. The van der Waals surface area contributed by atoms with Crippen LogP contribution in [-0.2, 0) is 9.59 Å². The largest absolute Gasteiger partial charge is 0.493 e. The first-order chi connectivity index (χ1) is 12.3. The number of carbonyl (C=O) groups excluding carboxylic acids is 1. The standard InChI is InChI=1S/C18H21NO5S2/c1-11(2)10-24-13-5-4-12(8-14(13)23-3)9-15-17(22)19(18(25)26-15)7-6-16(20)21/h4-5,8-9,11H,6-7,10H2,1-3H3,(H,20,21)/b15-9-. The minimum absolute atomic E-state index is 0.0721. The van der Waals surface area contributed by atoms with E-state index in [0.717, 1.165) is 17.3 Å². The Labute approximate surface area is 162 Å². The molecule has 0 radical (unpaired) electrons. The Bertz CT molecular complexity index is 745. The molecule has 1 aromatic rings. The normalized spacial score (nSPS) is 15.8. The second-order valence-electron chi connectivity index (χ2n) is 6.09. The lowest BCUT2D eigenvalue weighted by Gasteiger charge is -2.13. The Morgan fingerprint density at radius 1 is 1.38 bits per heavy atom. The molecule has 26 heavy (non-hydrogen) atoms. The number of carboxylic acids is 1. The molecule has 0 bridgehead atoms. The van der Waals surface area contributed by atoms with E-state index in [9.17, 15) is 9.59 Å². The van der Waals surface area contributed by atoms with Crippen LogP contribution in [0.2, 0.25) is 0 Å². The van der Waals surface area contributed by atoms with Gasteiger partial charge in [0.1, 0.15) is 4.32 Å². The van der Waals surface area contributed by atoms with Gasteiger partial charge in [-0.05, 0) is 29.7 Å². The van der Waals surface area contributed by atoms with Crippen LogP contribution in [0.15, 0.2) is 23.1 Å². The quantitative estimate of drug-likeness (QED) is 0.534. The Kier molecular flexibility index (Phi) is 7.05. The van der Waals surface area contributed by atoms with Gasteiger partial charge in [0.15, 0.2) is 11.5 Å². The SMILES string of the molecule is COc1cc(/C=C2\SC(=S)N(CCC(=O)O)C2=O)ccc1OCC(C)C. The molecular formula is C18H21NO5S2. The second-order valence-corrected chi connectivity index (χ2v) is 7.77. The number of ether oxygens (including phenoxy) is 2. The van der Waals surface area contributed by atoms with E-state index in [-0.39, 0.29) is 18.9 Å². The highest BCUT2D eigenvalue weighted by Crippen LogP contribution is 2.34. The summed E-state index contributed by atoms with van der Waals surface area (Å²) in [5, 5.41) is 8.78. The molecule has 2 rings (SSSR count). The molecule has 1 fully saturated rings. The number of hydrogen-bond acceptors (Lipinski definition) is 6. The van der Waals surface area contributed by atoms with Crippen molar-refractivity contribution in [1.82, 2.24) is 4.90 Å². The molecule has 0 aliphatic carbocycles. The molecule has 1 aromatic carbocycles. The van der Waals surface area contributed by atoms with Crippen LogP contribution >= 0.6 is 24.0 Å². The molecule has 0 aromatic heterocycles. The number of rotatable bonds is 8. The van der Waals surface area contributed by atoms with Gasteiger partial charge in [0.05, 0.1) is 25.0 Å². The van der Waals surface area contributed by atoms with Crippen molar-refractivity contribution in [2.24, 2.45) is 5.92 Å². The van der Waals surface area contributed by atoms with Gasteiger partial charge in [-0.2, -0.15) is 0 Å². The Balaban J connectivity index is 2.17. The fourth-order valence-corrected chi connectivity index (χ4v) is 3.51. The first-order valence-electron chi connectivity index (χ1n) is 8.09. The van der Waals surface area contributed by atoms with E-state index in [1.165, 1.54) is 4.90 Å². The van der Waals surface area contributed by atoms with E-state index in [1.807, 2.05) is 6.07 Å². The van der Waals surface area contributed by atoms with E-state index in [2.05, 4.69) is 13.8 Å². The van der Waals surface area contributed by atoms with Crippen molar-refractivity contribution in [2.45, 2.75) is 20.3 Å². The number of thioether (sulfide) groups is 1. The van der Waals surface area contributed by atoms with Crippen LogP contribution < -0.4 is 9.47 Å². The Morgan fingerprint density at radius 2 is 2.12 bits per heavy atom. The number of thiocarbonyl (C=S) groups is 1. The van der Waals surface area contributed by atoms with Crippen LogP contribution in [0.1, 0.15) is 25.8 Å². The summed E-state index contributed by atoms with van der Waals surface area (Å²) in [7, 11) is 1.56. The molecule has 140 valence electrons. The van der Waals surface area contributed by atoms with Gasteiger partial charge >= 0.3 is 5.97 Å². The zero-order valence-corrected chi connectivity index (χ0v) is 16.5. The number of benzene rings is 1. The number of methoxy groups -OCH3 is 1. The first-order valence-corrected chi connectivity index (χ1v) is 9.32. The zero-order valence-electron chi connectivity index (χ0n) is 14.9. The third-order valence-electron chi connectivity index (χ3n) is 3.48. The monoisotopic (exact) mass is 395 g/mol. The maximum Gasteiger partial charge on any atom is 0.305 e. The molecule has 1 aliphatic rings. The average Bonchev–Trinajstić information content (AvgIpc) is 2.85. The molecule has 0 saturated carbocycles. The smallest absolute Gasteiger partial charge is 0.305 e. The fourth-order valence-electron chi connectivity index (χ4n) is 2.20. The summed E-state index contributed by atoms with van der Waals surface area (Å²) in [4.78, 5) is 24.9. The molecule has 1 aliphatic heterocycles. The lowest BCUT2D eigenvalue weighted by atomic mass is 10.1. The van der Waals surface area contributed by atoms with Crippen LogP contribution in [0.25, 0.3) is 6.08 Å². The van der Waals surface area contributed by atoms with Gasteiger partial charge in [-0.15, -0.1) is 0 Å². The van der Waals surface area contributed by atoms with Crippen molar-refractivity contribution in [3.8, 4) is 11.5 Å². The van der Waals surface area contributed by atoms with Crippen LogP contribution in [0.3, 0.4) is 0 Å². The minimum atomic E-state index is -0.968. The van der Waals surface area contributed by atoms with Gasteiger partial charge in [0, 0.05) is 6.54 Å². The summed E-state index contributed by atoms with van der Waals surface area (Å²) in [6, 6.07) is 5.43. The summed E-state index contributed by atoms with van der Waals surface area (Å²) in [6.45, 7) is 4.78. The lowest BCUT2D eigenvalue weighted by Crippen LogP contribution is -2.30. The highest BCUT2D eigenvalue weighted by Gasteiger charge is 2.32. The molecule has 0 spiro atoms. The van der Waals surface area contributed by atoms with Crippen LogP contribution in [0.5, 0.6) is 11.5 Å². The second kappa shape index (κ2) is 9.05. The number of aliphatic carboxylic acids is 1. The molecule has 1 heterocycles. The van der Waals surface area contributed by atoms with E-state index in [0.29, 0.717) is 33.2 Å². The van der Waals surface area contributed by atoms with Gasteiger partial charge in [-0.1, -0.05) is 43.9 Å². The third-order valence-corrected chi connectivity index (χ3v) is 4.86. The van der Waals surface area contributed by atoms with E-state index in [4.69, 9.17) is 26.8 Å². The Hall–Kier alpha value is -2.06. The molecule has 8 heteroatoms. The van der Waals surface area contributed by atoms with Crippen molar-refractivity contribution >= 4 is 46.3 Å². The van der Waals surface area contributed by atoms with E-state index < -0.39 is 5.97 Å². The molecule has 6 nitrogen and oxygen atoms in total. The van der Waals surface area contributed by atoms with Gasteiger partial charge < -0.3 is 14.6 Å². The van der Waals surface area contributed by atoms with Crippen molar-refractivity contribution < 1.29 is 24.2 Å². The summed E-state index contributed by atoms with van der Waals surface area (Å²) < 4.78 is 11.5. The number of carbonyl (C=O) groups is 2. The predicted octanol–water partition coefficient (Wildman–Crippen LogP) is 3.41. The fraction of sp³-hybridized carbons (Fsp3) is 0.389. The topological polar surface area (TPSA) is 76.1 Å². The maximum absolute atomic E-state index is 12.4. The molecule has 1 N–H and O–H groups in total. The lowest BCUT2D eigenvalue weighted by molar-refractivity contribution is -0.137. The predicted molar refractivity (Wildman–Crippen MR) is 105 cm³/mol.